The van der Waals surface area contributed by atoms with Crippen LogP contribution >= 0.6 is 0 Å². The lowest BCUT2D eigenvalue weighted by Crippen LogP contribution is -2.30. The van der Waals surface area contributed by atoms with Gasteiger partial charge in [0.25, 0.3) is 0 Å². The molecule has 1 aliphatic rings. The highest BCUT2D eigenvalue weighted by molar-refractivity contribution is 5.73. The summed E-state index contributed by atoms with van der Waals surface area (Å²) in [6.07, 6.45) is 3.57. The van der Waals surface area contributed by atoms with Crippen LogP contribution in [0.25, 0.3) is 0 Å². The van der Waals surface area contributed by atoms with E-state index < -0.39 is 0 Å². The van der Waals surface area contributed by atoms with Gasteiger partial charge < -0.3 is 14.4 Å². The minimum Gasteiger partial charge on any atom is -0.469 e. The van der Waals surface area contributed by atoms with Crippen molar-refractivity contribution in [3.63, 3.8) is 0 Å². The quantitative estimate of drug-likeness (QED) is 0.653. The SMILES string of the molecule is COC(=O)Cc1ccc2c(c1)CCCN2CCCC(=O)OCc1ccccc1. The predicted octanol–water partition coefficient (Wildman–Crippen LogP) is 3.68. The zero-order chi connectivity index (χ0) is 19.8. The summed E-state index contributed by atoms with van der Waals surface area (Å²) in [7, 11) is 1.41. The van der Waals surface area contributed by atoms with E-state index in [0.29, 0.717) is 19.4 Å². The van der Waals surface area contributed by atoms with E-state index >= 15 is 0 Å². The van der Waals surface area contributed by atoms with Gasteiger partial charge in [-0.3, -0.25) is 9.59 Å². The Morgan fingerprint density at radius 3 is 2.64 bits per heavy atom. The number of carbonyl (C=O) groups excluding carboxylic acids is 2. The summed E-state index contributed by atoms with van der Waals surface area (Å²) in [4.78, 5) is 25.8. The van der Waals surface area contributed by atoms with Crippen LogP contribution in [0.3, 0.4) is 0 Å². The number of methoxy groups -OCH3 is 1. The van der Waals surface area contributed by atoms with Crippen molar-refractivity contribution in [3.05, 3.63) is 65.2 Å². The van der Waals surface area contributed by atoms with E-state index in [1.807, 2.05) is 36.4 Å². The van der Waals surface area contributed by atoms with Gasteiger partial charge in [-0.2, -0.15) is 0 Å². The van der Waals surface area contributed by atoms with Crippen LogP contribution in [0.1, 0.15) is 36.0 Å². The van der Waals surface area contributed by atoms with Crippen molar-refractivity contribution >= 4 is 17.6 Å². The molecule has 0 N–H and O–H groups in total. The van der Waals surface area contributed by atoms with Gasteiger partial charge in [-0.05, 0) is 42.0 Å². The molecule has 0 spiro atoms. The van der Waals surface area contributed by atoms with Gasteiger partial charge in [0.15, 0.2) is 0 Å². The largest absolute Gasteiger partial charge is 0.469 e. The predicted molar refractivity (Wildman–Crippen MR) is 108 cm³/mol. The van der Waals surface area contributed by atoms with Crippen molar-refractivity contribution in [2.24, 2.45) is 0 Å². The second-order valence-electron chi connectivity index (χ2n) is 7.06. The van der Waals surface area contributed by atoms with Crippen molar-refractivity contribution in [3.8, 4) is 0 Å². The number of esters is 2. The minimum atomic E-state index is -0.221. The van der Waals surface area contributed by atoms with Crippen LogP contribution in [0.2, 0.25) is 0 Å². The molecule has 0 aliphatic carbocycles. The molecule has 5 nitrogen and oxygen atoms in total. The first kappa shape index (κ1) is 19.9. The number of rotatable bonds is 8. The van der Waals surface area contributed by atoms with E-state index in [9.17, 15) is 9.59 Å². The Kier molecular flexibility index (Phi) is 7.06. The molecule has 0 unspecified atom stereocenters. The smallest absolute Gasteiger partial charge is 0.309 e. The molecule has 0 atom stereocenters. The second kappa shape index (κ2) is 9.93. The zero-order valence-corrected chi connectivity index (χ0v) is 16.4. The number of benzene rings is 2. The average molecular weight is 381 g/mol. The van der Waals surface area contributed by atoms with Crippen LogP contribution in [-0.4, -0.2) is 32.1 Å². The van der Waals surface area contributed by atoms with Crippen molar-refractivity contribution in [1.82, 2.24) is 0 Å². The fraction of sp³-hybridized carbons (Fsp3) is 0.391. The molecule has 0 fully saturated rings. The van der Waals surface area contributed by atoms with E-state index in [-0.39, 0.29) is 11.9 Å². The summed E-state index contributed by atoms with van der Waals surface area (Å²) in [5.74, 6) is -0.379. The summed E-state index contributed by atoms with van der Waals surface area (Å²) in [5, 5.41) is 0. The first-order valence-electron chi connectivity index (χ1n) is 9.79. The Morgan fingerprint density at radius 2 is 1.86 bits per heavy atom. The maximum Gasteiger partial charge on any atom is 0.309 e. The number of fused-ring (bicyclic) bond motifs is 1. The highest BCUT2D eigenvalue weighted by Crippen LogP contribution is 2.28. The molecular weight excluding hydrogens is 354 g/mol. The molecule has 2 aromatic rings. The van der Waals surface area contributed by atoms with E-state index in [4.69, 9.17) is 9.47 Å². The molecule has 0 bridgehead atoms. The van der Waals surface area contributed by atoms with Crippen LogP contribution in [0.4, 0.5) is 5.69 Å². The number of anilines is 1. The van der Waals surface area contributed by atoms with Gasteiger partial charge in [-0.25, -0.2) is 0 Å². The molecule has 0 amide bonds. The van der Waals surface area contributed by atoms with Gasteiger partial charge >= 0.3 is 11.9 Å². The van der Waals surface area contributed by atoms with E-state index in [1.54, 1.807) is 0 Å². The Hall–Kier alpha value is -2.82. The summed E-state index contributed by atoms with van der Waals surface area (Å²) < 4.78 is 10.1. The summed E-state index contributed by atoms with van der Waals surface area (Å²) in [5.41, 5.74) is 4.46. The number of hydrogen-bond acceptors (Lipinski definition) is 5. The maximum atomic E-state index is 12.0. The van der Waals surface area contributed by atoms with Gasteiger partial charge in [-0.15, -0.1) is 0 Å². The Balaban J connectivity index is 1.48. The van der Waals surface area contributed by atoms with E-state index in [1.165, 1.54) is 18.4 Å². The van der Waals surface area contributed by atoms with Gasteiger partial charge in [-0.1, -0.05) is 42.5 Å². The van der Waals surface area contributed by atoms with Crippen LogP contribution in [-0.2, 0) is 38.5 Å². The third-order valence-electron chi connectivity index (χ3n) is 4.99. The molecule has 0 aromatic heterocycles. The monoisotopic (exact) mass is 381 g/mol. The molecule has 1 aliphatic heterocycles. The van der Waals surface area contributed by atoms with Gasteiger partial charge in [0.1, 0.15) is 6.61 Å². The van der Waals surface area contributed by atoms with Gasteiger partial charge in [0.2, 0.25) is 0 Å². The molecule has 0 saturated heterocycles. The molecule has 3 rings (SSSR count). The first-order valence-corrected chi connectivity index (χ1v) is 9.79. The van der Waals surface area contributed by atoms with E-state index in [0.717, 1.165) is 43.5 Å². The molecule has 28 heavy (non-hydrogen) atoms. The lowest BCUT2D eigenvalue weighted by atomic mass is 9.98. The molecule has 1 heterocycles. The Morgan fingerprint density at radius 1 is 1.04 bits per heavy atom. The van der Waals surface area contributed by atoms with Gasteiger partial charge in [0, 0.05) is 25.2 Å². The summed E-state index contributed by atoms with van der Waals surface area (Å²) in [6.45, 7) is 2.14. The van der Waals surface area contributed by atoms with Crippen molar-refractivity contribution in [2.75, 3.05) is 25.1 Å². The fourth-order valence-corrected chi connectivity index (χ4v) is 3.53. The number of hydrogen-bond donors (Lipinski definition) is 0. The van der Waals surface area contributed by atoms with Crippen molar-refractivity contribution < 1.29 is 19.1 Å². The lowest BCUT2D eigenvalue weighted by molar-refractivity contribution is -0.145. The highest BCUT2D eigenvalue weighted by atomic mass is 16.5. The summed E-state index contributed by atoms with van der Waals surface area (Å²) in [6, 6.07) is 15.9. The van der Waals surface area contributed by atoms with E-state index in [2.05, 4.69) is 17.0 Å². The maximum absolute atomic E-state index is 12.0. The van der Waals surface area contributed by atoms with Crippen LogP contribution in [0.5, 0.6) is 0 Å². The van der Waals surface area contributed by atoms with Crippen molar-refractivity contribution in [1.29, 1.82) is 0 Å². The third kappa shape index (κ3) is 5.59. The average Bonchev–Trinajstić information content (AvgIpc) is 2.73. The molecule has 5 heteroatoms. The van der Waals surface area contributed by atoms with Crippen molar-refractivity contribution in [2.45, 2.75) is 38.7 Å². The second-order valence-corrected chi connectivity index (χ2v) is 7.06. The zero-order valence-electron chi connectivity index (χ0n) is 16.4. The van der Waals surface area contributed by atoms with Gasteiger partial charge in [0.05, 0.1) is 13.5 Å². The fourth-order valence-electron chi connectivity index (χ4n) is 3.53. The highest BCUT2D eigenvalue weighted by Gasteiger charge is 2.18. The lowest BCUT2D eigenvalue weighted by Gasteiger charge is -2.31. The molecule has 0 saturated carbocycles. The molecule has 2 aromatic carbocycles. The van der Waals surface area contributed by atoms with Crippen LogP contribution in [0.15, 0.2) is 48.5 Å². The standard InChI is InChI=1S/C23H27NO4/c1-27-23(26)16-19-11-12-21-20(15-19)9-5-13-24(21)14-6-10-22(25)28-17-18-7-3-2-4-8-18/h2-4,7-8,11-12,15H,5-6,9-10,13-14,16-17H2,1H3. The summed E-state index contributed by atoms with van der Waals surface area (Å²) >= 11 is 0. The number of ether oxygens (including phenoxy) is 2. The van der Waals surface area contributed by atoms with Crippen LogP contribution in [0, 0.1) is 0 Å². The number of carbonyl (C=O) groups is 2. The Bertz CT molecular complexity index is 804. The number of nitrogens with zero attached hydrogens (tertiary/aromatic N) is 1. The number of aryl methyl sites for hydroxylation is 1. The molecule has 0 radical (unpaired) electrons. The first-order chi connectivity index (χ1) is 13.7. The molecular formula is C23H27NO4. The normalized spacial score (nSPS) is 13.0. The Labute approximate surface area is 166 Å². The van der Waals surface area contributed by atoms with Crippen LogP contribution < -0.4 is 4.90 Å². The minimum absolute atomic E-state index is 0.158. The third-order valence-corrected chi connectivity index (χ3v) is 4.99. The molecule has 148 valence electrons. The topological polar surface area (TPSA) is 55.8 Å².